The third kappa shape index (κ3) is 1.93. The average Bonchev–Trinajstić information content (AvgIpc) is 2.39. The fourth-order valence-corrected chi connectivity index (χ4v) is 2.83. The predicted octanol–water partition coefficient (Wildman–Crippen LogP) is 3.40. The Labute approximate surface area is 107 Å². The minimum atomic E-state index is -0.0746. The Bertz CT molecular complexity index is 550. The van der Waals surface area contributed by atoms with Crippen molar-refractivity contribution in [3.05, 3.63) is 71.0 Å². The molecular weight excluding hydrogens is 225 g/mol. The van der Waals surface area contributed by atoms with Gasteiger partial charge in [-0.05, 0) is 24.2 Å². The second kappa shape index (κ2) is 4.54. The first-order valence-corrected chi connectivity index (χ1v) is 6.26. The molecule has 2 heteroatoms. The molecule has 18 heavy (non-hydrogen) atoms. The summed E-state index contributed by atoms with van der Waals surface area (Å²) >= 11 is 0. The van der Waals surface area contributed by atoms with Gasteiger partial charge in [0, 0.05) is 24.6 Å². The second-order valence-electron chi connectivity index (χ2n) is 4.97. The van der Waals surface area contributed by atoms with E-state index < -0.39 is 0 Å². The third-order valence-corrected chi connectivity index (χ3v) is 3.63. The van der Waals surface area contributed by atoms with E-state index in [1.807, 2.05) is 24.3 Å². The quantitative estimate of drug-likeness (QED) is 0.739. The Balaban J connectivity index is 2.13. The van der Waals surface area contributed by atoms with E-state index in [2.05, 4.69) is 24.1 Å². The number of rotatable bonds is 1. The molecule has 1 aliphatic rings. The summed E-state index contributed by atoms with van der Waals surface area (Å²) in [6.07, 6.45) is 0. The Morgan fingerprint density at radius 2 is 1.83 bits per heavy atom. The SMILES string of the molecule is CN1Cc2cccc(F)c2[C@H](c2ccccc2)C1. The number of fused-ring (bicyclic) bond motifs is 1. The van der Waals surface area contributed by atoms with E-state index in [-0.39, 0.29) is 11.7 Å². The first-order chi connectivity index (χ1) is 8.75. The van der Waals surface area contributed by atoms with Gasteiger partial charge in [0.2, 0.25) is 0 Å². The molecule has 0 bridgehead atoms. The number of likely N-dealkylation sites (N-methyl/N-ethyl adjacent to an activating group) is 1. The zero-order valence-electron chi connectivity index (χ0n) is 10.4. The van der Waals surface area contributed by atoms with Crippen LogP contribution in [0.5, 0.6) is 0 Å². The maximum absolute atomic E-state index is 14.1. The van der Waals surface area contributed by atoms with Gasteiger partial charge in [0.25, 0.3) is 0 Å². The number of hydrogen-bond acceptors (Lipinski definition) is 1. The fourth-order valence-electron chi connectivity index (χ4n) is 2.83. The number of halogens is 1. The van der Waals surface area contributed by atoms with Gasteiger partial charge in [-0.2, -0.15) is 0 Å². The van der Waals surface area contributed by atoms with Gasteiger partial charge in [-0.25, -0.2) is 4.39 Å². The summed E-state index contributed by atoms with van der Waals surface area (Å²) in [5, 5.41) is 0. The first-order valence-electron chi connectivity index (χ1n) is 6.26. The highest BCUT2D eigenvalue weighted by Gasteiger charge is 2.27. The van der Waals surface area contributed by atoms with Crippen molar-refractivity contribution in [3.63, 3.8) is 0 Å². The van der Waals surface area contributed by atoms with E-state index in [9.17, 15) is 4.39 Å². The summed E-state index contributed by atoms with van der Waals surface area (Å²) in [5.74, 6) is 0.0654. The van der Waals surface area contributed by atoms with Crippen molar-refractivity contribution in [1.29, 1.82) is 0 Å². The summed E-state index contributed by atoms with van der Waals surface area (Å²) in [4.78, 5) is 2.25. The molecule has 0 N–H and O–H groups in total. The molecule has 1 nitrogen and oxygen atoms in total. The van der Waals surface area contributed by atoms with Crippen LogP contribution in [0.3, 0.4) is 0 Å². The molecule has 1 atom stereocenters. The van der Waals surface area contributed by atoms with Crippen molar-refractivity contribution < 1.29 is 4.39 Å². The molecule has 2 aromatic carbocycles. The minimum absolute atomic E-state index is 0.0746. The molecule has 0 amide bonds. The normalized spacial score (nSPS) is 19.6. The van der Waals surface area contributed by atoms with Crippen LogP contribution in [-0.2, 0) is 6.54 Å². The second-order valence-corrected chi connectivity index (χ2v) is 4.97. The molecule has 0 saturated carbocycles. The third-order valence-electron chi connectivity index (χ3n) is 3.63. The van der Waals surface area contributed by atoms with E-state index in [4.69, 9.17) is 0 Å². The van der Waals surface area contributed by atoms with Crippen molar-refractivity contribution in [1.82, 2.24) is 4.90 Å². The molecule has 1 heterocycles. The summed E-state index contributed by atoms with van der Waals surface area (Å²) in [6, 6.07) is 15.6. The van der Waals surface area contributed by atoms with Gasteiger partial charge in [-0.15, -0.1) is 0 Å². The number of nitrogens with zero attached hydrogens (tertiary/aromatic N) is 1. The Morgan fingerprint density at radius 1 is 1.06 bits per heavy atom. The molecule has 0 radical (unpaired) electrons. The highest BCUT2D eigenvalue weighted by Crippen LogP contribution is 2.34. The van der Waals surface area contributed by atoms with Crippen molar-refractivity contribution in [2.45, 2.75) is 12.5 Å². The lowest BCUT2D eigenvalue weighted by Gasteiger charge is -2.32. The molecular formula is C16H16FN. The largest absolute Gasteiger partial charge is 0.301 e. The predicted molar refractivity (Wildman–Crippen MR) is 71.0 cm³/mol. The molecule has 1 aliphatic heterocycles. The summed E-state index contributed by atoms with van der Waals surface area (Å²) < 4.78 is 14.1. The van der Waals surface area contributed by atoms with Gasteiger partial charge in [-0.3, -0.25) is 0 Å². The highest BCUT2D eigenvalue weighted by molar-refractivity contribution is 5.41. The van der Waals surface area contributed by atoms with Crippen LogP contribution in [-0.4, -0.2) is 18.5 Å². The Morgan fingerprint density at radius 3 is 2.61 bits per heavy atom. The van der Waals surface area contributed by atoms with Gasteiger partial charge in [0.05, 0.1) is 0 Å². The van der Waals surface area contributed by atoms with Crippen molar-refractivity contribution in [3.8, 4) is 0 Å². The topological polar surface area (TPSA) is 3.24 Å². The number of benzene rings is 2. The monoisotopic (exact) mass is 241 g/mol. The maximum Gasteiger partial charge on any atom is 0.127 e. The molecule has 0 unspecified atom stereocenters. The summed E-state index contributed by atoms with van der Waals surface area (Å²) in [7, 11) is 2.09. The van der Waals surface area contributed by atoms with Crippen molar-refractivity contribution in [2.24, 2.45) is 0 Å². The van der Waals surface area contributed by atoms with Crippen LogP contribution in [0.1, 0.15) is 22.6 Å². The Hall–Kier alpha value is -1.67. The number of hydrogen-bond donors (Lipinski definition) is 0. The highest BCUT2D eigenvalue weighted by atomic mass is 19.1. The lowest BCUT2D eigenvalue weighted by Crippen LogP contribution is -2.31. The molecule has 0 aliphatic carbocycles. The van der Waals surface area contributed by atoms with Crippen LogP contribution in [0.2, 0.25) is 0 Å². The van der Waals surface area contributed by atoms with E-state index in [0.29, 0.717) is 0 Å². The van der Waals surface area contributed by atoms with E-state index in [0.717, 1.165) is 24.2 Å². The molecule has 2 aromatic rings. The van der Waals surface area contributed by atoms with Crippen molar-refractivity contribution >= 4 is 0 Å². The fraction of sp³-hybridized carbons (Fsp3) is 0.250. The van der Waals surface area contributed by atoms with E-state index in [1.54, 1.807) is 12.1 Å². The smallest absolute Gasteiger partial charge is 0.127 e. The van der Waals surface area contributed by atoms with Crippen LogP contribution >= 0.6 is 0 Å². The minimum Gasteiger partial charge on any atom is -0.301 e. The van der Waals surface area contributed by atoms with E-state index >= 15 is 0 Å². The lowest BCUT2D eigenvalue weighted by molar-refractivity contribution is 0.290. The van der Waals surface area contributed by atoms with Gasteiger partial charge < -0.3 is 4.90 Å². The molecule has 0 fully saturated rings. The van der Waals surface area contributed by atoms with Crippen LogP contribution in [0.25, 0.3) is 0 Å². The standard InChI is InChI=1S/C16H16FN/c1-18-10-13-8-5-9-15(17)16(13)14(11-18)12-6-3-2-4-7-12/h2-9,14H,10-11H2,1H3/t14-/m0/s1. The van der Waals surface area contributed by atoms with Gasteiger partial charge in [0.15, 0.2) is 0 Å². The molecule has 0 aromatic heterocycles. The molecule has 3 rings (SSSR count). The molecule has 0 saturated heterocycles. The first kappa shape index (κ1) is 11.4. The van der Waals surface area contributed by atoms with E-state index in [1.165, 1.54) is 5.56 Å². The zero-order chi connectivity index (χ0) is 12.5. The molecule has 92 valence electrons. The van der Waals surface area contributed by atoms with Crippen LogP contribution in [0, 0.1) is 5.82 Å². The van der Waals surface area contributed by atoms with Gasteiger partial charge >= 0.3 is 0 Å². The van der Waals surface area contributed by atoms with Crippen LogP contribution < -0.4 is 0 Å². The van der Waals surface area contributed by atoms with Crippen LogP contribution in [0.15, 0.2) is 48.5 Å². The maximum atomic E-state index is 14.1. The Kier molecular flexibility index (Phi) is 2.88. The summed E-state index contributed by atoms with van der Waals surface area (Å²) in [5.41, 5.74) is 3.18. The van der Waals surface area contributed by atoms with Gasteiger partial charge in [0.1, 0.15) is 5.82 Å². The van der Waals surface area contributed by atoms with Crippen LogP contribution in [0.4, 0.5) is 4.39 Å². The van der Waals surface area contributed by atoms with Crippen molar-refractivity contribution in [2.75, 3.05) is 13.6 Å². The lowest BCUT2D eigenvalue weighted by atomic mass is 9.84. The van der Waals surface area contributed by atoms with Gasteiger partial charge in [-0.1, -0.05) is 42.5 Å². The molecule has 0 spiro atoms. The zero-order valence-corrected chi connectivity index (χ0v) is 10.4. The summed E-state index contributed by atoms with van der Waals surface area (Å²) in [6.45, 7) is 1.70. The average molecular weight is 241 g/mol.